The Kier molecular flexibility index (Phi) is 4.46. The molecule has 96 valence electrons. The van der Waals surface area contributed by atoms with E-state index in [9.17, 15) is 0 Å². The Hall–Kier alpha value is -1.69. The van der Waals surface area contributed by atoms with Crippen LogP contribution in [0.2, 0.25) is 0 Å². The maximum atomic E-state index is 8.74. The average molecular weight is 243 g/mol. The van der Waals surface area contributed by atoms with E-state index in [0.29, 0.717) is 12.1 Å². The number of nitriles is 1. The van der Waals surface area contributed by atoms with Gasteiger partial charge >= 0.3 is 0 Å². The summed E-state index contributed by atoms with van der Waals surface area (Å²) >= 11 is 0. The number of anilines is 2. The van der Waals surface area contributed by atoms with Gasteiger partial charge in [-0.3, -0.25) is 0 Å². The molecule has 2 rings (SSSR count). The first-order chi connectivity index (χ1) is 8.79. The second-order valence-corrected chi connectivity index (χ2v) is 5.13. The van der Waals surface area contributed by atoms with Gasteiger partial charge in [0.25, 0.3) is 0 Å². The number of rotatable bonds is 4. The molecule has 0 spiro atoms. The molecule has 0 unspecified atom stereocenters. The molecule has 1 aliphatic carbocycles. The summed E-state index contributed by atoms with van der Waals surface area (Å²) in [6, 6.07) is 8.03. The summed E-state index contributed by atoms with van der Waals surface area (Å²) in [5.41, 5.74) is 8.55. The van der Waals surface area contributed by atoms with Crippen LogP contribution in [0.3, 0.4) is 0 Å². The molecule has 18 heavy (non-hydrogen) atoms. The van der Waals surface area contributed by atoms with Gasteiger partial charge in [-0.1, -0.05) is 19.3 Å². The molecular formula is C15H21N3. The second kappa shape index (κ2) is 6.30. The smallest absolute Gasteiger partial charge is 0.0670 e. The predicted molar refractivity (Wildman–Crippen MR) is 75.2 cm³/mol. The summed E-state index contributed by atoms with van der Waals surface area (Å²) in [5.74, 6) is 0.802. The van der Waals surface area contributed by atoms with Crippen molar-refractivity contribution in [3.63, 3.8) is 0 Å². The van der Waals surface area contributed by atoms with E-state index in [-0.39, 0.29) is 0 Å². The molecule has 1 aromatic rings. The van der Waals surface area contributed by atoms with Crippen molar-refractivity contribution in [3.05, 3.63) is 23.8 Å². The Labute approximate surface area is 109 Å². The summed E-state index contributed by atoms with van der Waals surface area (Å²) < 4.78 is 0. The molecule has 1 saturated carbocycles. The maximum Gasteiger partial charge on any atom is 0.0670 e. The summed E-state index contributed by atoms with van der Waals surface area (Å²) in [6.45, 7) is 1.04. The molecule has 0 aliphatic heterocycles. The first-order valence-corrected chi connectivity index (χ1v) is 6.79. The van der Waals surface area contributed by atoms with Crippen molar-refractivity contribution in [1.29, 1.82) is 5.26 Å². The molecule has 0 atom stereocenters. The number of nitrogens with two attached hydrogens (primary N) is 1. The molecular weight excluding hydrogens is 222 g/mol. The molecule has 3 heteroatoms. The SMILES string of the molecule is N#CCc1cc(NCC2CCCCC2)ccc1N. The number of nitrogen functional groups attached to an aromatic ring is 1. The molecule has 0 amide bonds. The molecule has 3 N–H and O–H groups in total. The van der Waals surface area contributed by atoms with Gasteiger partial charge in [-0.05, 0) is 42.5 Å². The van der Waals surface area contributed by atoms with E-state index in [1.54, 1.807) is 0 Å². The number of nitrogens with one attached hydrogen (secondary N) is 1. The van der Waals surface area contributed by atoms with Gasteiger partial charge in [0.2, 0.25) is 0 Å². The van der Waals surface area contributed by atoms with Crippen LogP contribution in [0.1, 0.15) is 37.7 Å². The summed E-state index contributed by atoms with van der Waals surface area (Å²) in [6.07, 6.45) is 7.19. The van der Waals surface area contributed by atoms with E-state index >= 15 is 0 Å². The molecule has 1 fully saturated rings. The molecule has 0 bridgehead atoms. The average Bonchev–Trinajstić information content (AvgIpc) is 2.41. The molecule has 1 aliphatic rings. The zero-order valence-electron chi connectivity index (χ0n) is 10.8. The minimum absolute atomic E-state index is 0.380. The zero-order valence-corrected chi connectivity index (χ0v) is 10.8. The highest BCUT2D eigenvalue weighted by Gasteiger charge is 2.12. The normalized spacial score (nSPS) is 16.2. The van der Waals surface area contributed by atoms with Gasteiger partial charge in [0, 0.05) is 17.9 Å². The van der Waals surface area contributed by atoms with Gasteiger partial charge in [-0.25, -0.2) is 0 Å². The third-order valence-corrected chi connectivity index (χ3v) is 3.73. The Morgan fingerprint density at radius 3 is 2.78 bits per heavy atom. The molecule has 0 saturated heterocycles. The lowest BCUT2D eigenvalue weighted by atomic mass is 9.89. The lowest BCUT2D eigenvalue weighted by Crippen LogP contribution is -2.17. The van der Waals surface area contributed by atoms with Crippen LogP contribution in [0.4, 0.5) is 11.4 Å². The Morgan fingerprint density at radius 1 is 1.28 bits per heavy atom. The van der Waals surface area contributed by atoms with Gasteiger partial charge in [-0.15, -0.1) is 0 Å². The fourth-order valence-electron chi connectivity index (χ4n) is 2.61. The van der Waals surface area contributed by atoms with Gasteiger partial charge in [0.15, 0.2) is 0 Å². The lowest BCUT2D eigenvalue weighted by molar-refractivity contribution is 0.373. The Bertz CT molecular complexity index is 428. The second-order valence-electron chi connectivity index (χ2n) is 5.13. The topological polar surface area (TPSA) is 61.8 Å². The van der Waals surface area contributed by atoms with Gasteiger partial charge < -0.3 is 11.1 Å². The Balaban J connectivity index is 1.92. The minimum Gasteiger partial charge on any atom is -0.398 e. The van der Waals surface area contributed by atoms with Crippen molar-refractivity contribution in [2.75, 3.05) is 17.6 Å². The van der Waals surface area contributed by atoms with Crippen molar-refractivity contribution < 1.29 is 0 Å². The molecule has 0 heterocycles. The van der Waals surface area contributed by atoms with Crippen LogP contribution in [-0.2, 0) is 6.42 Å². The van der Waals surface area contributed by atoms with Crippen molar-refractivity contribution in [1.82, 2.24) is 0 Å². The highest BCUT2D eigenvalue weighted by atomic mass is 14.9. The van der Waals surface area contributed by atoms with Crippen LogP contribution in [-0.4, -0.2) is 6.54 Å². The van der Waals surface area contributed by atoms with Crippen LogP contribution in [0, 0.1) is 17.2 Å². The summed E-state index contributed by atoms with van der Waals surface area (Å²) in [5, 5.41) is 12.2. The van der Waals surface area contributed by atoms with E-state index in [0.717, 1.165) is 23.7 Å². The van der Waals surface area contributed by atoms with E-state index in [2.05, 4.69) is 11.4 Å². The fourth-order valence-corrected chi connectivity index (χ4v) is 2.61. The van der Waals surface area contributed by atoms with E-state index in [1.165, 1.54) is 32.1 Å². The fraction of sp³-hybridized carbons (Fsp3) is 0.533. The summed E-state index contributed by atoms with van der Waals surface area (Å²) in [4.78, 5) is 0. The van der Waals surface area contributed by atoms with Crippen LogP contribution >= 0.6 is 0 Å². The van der Waals surface area contributed by atoms with Crippen LogP contribution in [0.25, 0.3) is 0 Å². The number of benzene rings is 1. The first kappa shape index (κ1) is 12.8. The van der Waals surface area contributed by atoms with Crippen LogP contribution < -0.4 is 11.1 Å². The van der Waals surface area contributed by atoms with Crippen LogP contribution in [0.15, 0.2) is 18.2 Å². The number of nitrogens with zero attached hydrogens (tertiary/aromatic N) is 1. The maximum absolute atomic E-state index is 8.74. The number of hydrogen-bond donors (Lipinski definition) is 2. The largest absolute Gasteiger partial charge is 0.398 e. The number of hydrogen-bond acceptors (Lipinski definition) is 3. The quantitative estimate of drug-likeness (QED) is 0.797. The highest BCUT2D eigenvalue weighted by Crippen LogP contribution is 2.25. The third-order valence-electron chi connectivity index (χ3n) is 3.73. The third kappa shape index (κ3) is 3.40. The van der Waals surface area contributed by atoms with Crippen LogP contribution in [0.5, 0.6) is 0 Å². The standard InChI is InChI=1S/C15H21N3/c16-9-8-13-10-14(6-7-15(13)17)18-11-12-4-2-1-3-5-12/h6-7,10,12,18H,1-5,8,11,17H2. The van der Waals surface area contributed by atoms with E-state index in [4.69, 9.17) is 11.0 Å². The van der Waals surface area contributed by atoms with Crippen molar-refractivity contribution in [2.45, 2.75) is 38.5 Å². The Morgan fingerprint density at radius 2 is 2.06 bits per heavy atom. The monoisotopic (exact) mass is 243 g/mol. The van der Waals surface area contributed by atoms with Gasteiger partial charge in [0.1, 0.15) is 0 Å². The van der Waals surface area contributed by atoms with Gasteiger partial charge in [-0.2, -0.15) is 5.26 Å². The molecule has 0 radical (unpaired) electrons. The minimum atomic E-state index is 0.380. The van der Waals surface area contributed by atoms with Gasteiger partial charge in [0.05, 0.1) is 12.5 Å². The van der Waals surface area contributed by atoms with E-state index < -0.39 is 0 Å². The predicted octanol–water partition coefficient (Wildman–Crippen LogP) is 3.33. The van der Waals surface area contributed by atoms with Crippen molar-refractivity contribution >= 4 is 11.4 Å². The lowest BCUT2D eigenvalue weighted by Gasteiger charge is -2.22. The zero-order chi connectivity index (χ0) is 12.8. The summed E-state index contributed by atoms with van der Waals surface area (Å²) in [7, 11) is 0. The molecule has 3 nitrogen and oxygen atoms in total. The van der Waals surface area contributed by atoms with Crippen molar-refractivity contribution in [2.24, 2.45) is 5.92 Å². The van der Waals surface area contributed by atoms with E-state index in [1.807, 2.05) is 18.2 Å². The molecule has 0 aromatic heterocycles. The highest BCUT2D eigenvalue weighted by molar-refractivity contribution is 5.58. The van der Waals surface area contributed by atoms with Crippen molar-refractivity contribution in [3.8, 4) is 6.07 Å². The first-order valence-electron chi connectivity index (χ1n) is 6.79. The molecule has 1 aromatic carbocycles.